The zero-order valence-electron chi connectivity index (χ0n) is 17.2. The summed E-state index contributed by atoms with van der Waals surface area (Å²) >= 11 is 0. The van der Waals surface area contributed by atoms with Crippen LogP contribution in [-0.2, 0) is 16.1 Å². The van der Waals surface area contributed by atoms with Crippen LogP contribution in [0.1, 0.15) is 24.8 Å². The van der Waals surface area contributed by atoms with Crippen LogP contribution in [0.2, 0.25) is 0 Å². The van der Waals surface area contributed by atoms with Gasteiger partial charge in [0.15, 0.2) is 11.5 Å². The Hall–Kier alpha value is -3.03. The SMILES string of the molecule is COc1ccc(CN2C(=O)N[C@H](CC(=O)NC[C@H]3C[C@H]4C=C[C@H]3C4)C2=O)cc1OC. The van der Waals surface area contributed by atoms with Gasteiger partial charge in [0.05, 0.1) is 27.2 Å². The van der Waals surface area contributed by atoms with Crippen LogP contribution in [0.25, 0.3) is 0 Å². The molecular formula is C22H27N3O5. The number of imide groups is 1. The van der Waals surface area contributed by atoms with E-state index in [0.29, 0.717) is 35.8 Å². The molecule has 1 aromatic rings. The Kier molecular flexibility index (Phi) is 5.65. The zero-order chi connectivity index (χ0) is 21.3. The molecule has 3 aliphatic rings. The van der Waals surface area contributed by atoms with Crippen molar-refractivity contribution in [2.24, 2.45) is 17.8 Å². The predicted octanol–water partition coefficient (Wildman–Crippen LogP) is 1.84. The highest BCUT2D eigenvalue weighted by atomic mass is 16.5. The molecule has 4 amide bonds. The Labute approximate surface area is 175 Å². The third kappa shape index (κ3) is 3.99. The summed E-state index contributed by atoms with van der Waals surface area (Å²) in [6.45, 7) is 0.717. The summed E-state index contributed by atoms with van der Waals surface area (Å²) in [4.78, 5) is 38.5. The number of amides is 4. The van der Waals surface area contributed by atoms with Crippen LogP contribution in [0.15, 0.2) is 30.4 Å². The summed E-state index contributed by atoms with van der Waals surface area (Å²) in [6.07, 6.45) is 6.76. The maximum absolute atomic E-state index is 12.7. The lowest BCUT2D eigenvalue weighted by molar-refractivity contribution is -0.131. The van der Waals surface area contributed by atoms with E-state index in [2.05, 4.69) is 22.8 Å². The van der Waals surface area contributed by atoms with Crippen molar-refractivity contribution in [1.29, 1.82) is 0 Å². The zero-order valence-corrected chi connectivity index (χ0v) is 17.2. The average Bonchev–Trinajstić information content (AvgIpc) is 3.44. The van der Waals surface area contributed by atoms with E-state index in [9.17, 15) is 14.4 Å². The van der Waals surface area contributed by atoms with Crippen LogP contribution < -0.4 is 20.1 Å². The Bertz CT molecular complexity index is 884. The third-order valence-corrected chi connectivity index (χ3v) is 6.26. The molecule has 0 spiro atoms. The van der Waals surface area contributed by atoms with Gasteiger partial charge in [0.2, 0.25) is 5.91 Å². The van der Waals surface area contributed by atoms with Crippen molar-refractivity contribution >= 4 is 17.8 Å². The molecule has 8 nitrogen and oxygen atoms in total. The van der Waals surface area contributed by atoms with Gasteiger partial charge < -0.3 is 20.1 Å². The van der Waals surface area contributed by atoms with E-state index in [4.69, 9.17) is 9.47 Å². The molecule has 2 N–H and O–H groups in total. The number of hydrogen-bond acceptors (Lipinski definition) is 5. The van der Waals surface area contributed by atoms with Crippen LogP contribution in [-0.4, -0.2) is 49.6 Å². The molecule has 1 aromatic carbocycles. The Morgan fingerprint density at radius 2 is 1.97 bits per heavy atom. The van der Waals surface area contributed by atoms with Crippen molar-refractivity contribution in [3.8, 4) is 11.5 Å². The lowest BCUT2D eigenvalue weighted by Crippen LogP contribution is -2.38. The van der Waals surface area contributed by atoms with E-state index in [1.807, 2.05) is 0 Å². The first-order valence-electron chi connectivity index (χ1n) is 10.3. The predicted molar refractivity (Wildman–Crippen MR) is 109 cm³/mol. The molecule has 30 heavy (non-hydrogen) atoms. The number of nitrogens with one attached hydrogen (secondary N) is 2. The molecule has 160 valence electrons. The second-order valence-corrected chi connectivity index (χ2v) is 8.16. The number of benzene rings is 1. The van der Waals surface area contributed by atoms with Crippen molar-refractivity contribution in [3.63, 3.8) is 0 Å². The van der Waals surface area contributed by atoms with Crippen molar-refractivity contribution in [2.45, 2.75) is 31.8 Å². The van der Waals surface area contributed by atoms with Gasteiger partial charge in [-0.1, -0.05) is 18.2 Å². The van der Waals surface area contributed by atoms with E-state index in [1.165, 1.54) is 13.5 Å². The van der Waals surface area contributed by atoms with Crippen molar-refractivity contribution in [1.82, 2.24) is 15.5 Å². The van der Waals surface area contributed by atoms with Gasteiger partial charge in [0.25, 0.3) is 5.91 Å². The molecule has 1 saturated heterocycles. The summed E-state index contributed by atoms with van der Waals surface area (Å²) in [5.74, 6) is 2.16. The highest BCUT2D eigenvalue weighted by molar-refractivity contribution is 6.05. The fourth-order valence-electron chi connectivity index (χ4n) is 4.66. The molecule has 2 bridgehead atoms. The molecule has 4 atom stereocenters. The average molecular weight is 413 g/mol. The molecule has 0 aromatic heterocycles. The van der Waals surface area contributed by atoms with Gasteiger partial charge in [-0.25, -0.2) is 4.79 Å². The number of fused-ring (bicyclic) bond motifs is 2. The van der Waals surface area contributed by atoms with Crippen molar-refractivity contribution in [3.05, 3.63) is 35.9 Å². The van der Waals surface area contributed by atoms with Gasteiger partial charge in [-0.15, -0.1) is 0 Å². The van der Waals surface area contributed by atoms with Crippen LogP contribution in [0, 0.1) is 17.8 Å². The number of carbonyl (C=O) groups excluding carboxylic acids is 3. The van der Waals surface area contributed by atoms with E-state index in [1.54, 1.807) is 25.3 Å². The highest BCUT2D eigenvalue weighted by Gasteiger charge is 2.40. The molecule has 0 radical (unpaired) electrons. The fraction of sp³-hybridized carbons (Fsp3) is 0.500. The minimum atomic E-state index is -0.836. The summed E-state index contributed by atoms with van der Waals surface area (Å²) in [6, 6.07) is 3.89. The van der Waals surface area contributed by atoms with Crippen LogP contribution >= 0.6 is 0 Å². The van der Waals surface area contributed by atoms with Gasteiger partial charge in [0, 0.05) is 6.54 Å². The normalized spacial score (nSPS) is 26.8. The number of methoxy groups -OCH3 is 2. The summed E-state index contributed by atoms with van der Waals surface area (Å²) in [7, 11) is 3.07. The number of allylic oxidation sites excluding steroid dienone is 2. The minimum Gasteiger partial charge on any atom is -0.493 e. The van der Waals surface area contributed by atoms with Gasteiger partial charge in [-0.2, -0.15) is 0 Å². The molecule has 2 fully saturated rings. The second kappa shape index (κ2) is 8.38. The molecule has 2 aliphatic carbocycles. The van der Waals surface area contributed by atoms with Gasteiger partial charge >= 0.3 is 6.03 Å². The largest absolute Gasteiger partial charge is 0.493 e. The lowest BCUT2D eigenvalue weighted by atomic mass is 9.93. The van der Waals surface area contributed by atoms with E-state index in [-0.39, 0.29) is 18.9 Å². The number of carbonyl (C=O) groups is 3. The smallest absolute Gasteiger partial charge is 0.325 e. The van der Waals surface area contributed by atoms with E-state index in [0.717, 1.165) is 16.9 Å². The number of urea groups is 1. The van der Waals surface area contributed by atoms with Gasteiger partial charge in [-0.3, -0.25) is 14.5 Å². The summed E-state index contributed by atoms with van der Waals surface area (Å²) in [5.41, 5.74) is 0.727. The van der Waals surface area contributed by atoms with E-state index >= 15 is 0 Å². The first kappa shape index (κ1) is 20.3. The topological polar surface area (TPSA) is 97.0 Å². The molecular weight excluding hydrogens is 386 g/mol. The first-order chi connectivity index (χ1) is 14.5. The fourth-order valence-corrected chi connectivity index (χ4v) is 4.66. The Morgan fingerprint density at radius 3 is 2.63 bits per heavy atom. The highest BCUT2D eigenvalue weighted by Crippen LogP contribution is 2.42. The van der Waals surface area contributed by atoms with Gasteiger partial charge in [-0.05, 0) is 48.3 Å². The maximum Gasteiger partial charge on any atom is 0.325 e. The summed E-state index contributed by atoms with van der Waals surface area (Å²) in [5, 5.41) is 5.56. The van der Waals surface area contributed by atoms with Crippen LogP contribution in [0.3, 0.4) is 0 Å². The maximum atomic E-state index is 12.7. The summed E-state index contributed by atoms with van der Waals surface area (Å²) < 4.78 is 10.5. The molecule has 1 saturated carbocycles. The minimum absolute atomic E-state index is 0.0519. The number of ether oxygens (including phenoxy) is 2. The standard InChI is InChI=1S/C22H27N3O5/c1-29-18-6-4-14(9-19(18)30-2)12-25-21(27)17(24-22(25)28)10-20(26)23-11-16-8-13-3-5-15(16)7-13/h3-6,9,13,15-17H,7-8,10-12H2,1-2H3,(H,23,26)(H,24,28)/t13-,15-,16+,17+/m0/s1. The monoisotopic (exact) mass is 413 g/mol. The van der Waals surface area contributed by atoms with Crippen LogP contribution in [0.4, 0.5) is 4.79 Å². The quantitative estimate of drug-likeness (QED) is 0.501. The molecule has 8 heteroatoms. The van der Waals surface area contributed by atoms with E-state index < -0.39 is 18.0 Å². The third-order valence-electron chi connectivity index (χ3n) is 6.26. The Morgan fingerprint density at radius 1 is 1.17 bits per heavy atom. The van der Waals surface area contributed by atoms with Gasteiger partial charge in [0.1, 0.15) is 6.04 Å². The first-order valence-corrected chi connectivity index (χ1v) is 10.3. The molecule has 4 rings (SSSR count). The second-order valence-electron chi connectivity index (χ2n) is 8.16. The lowest BCUT2D eigenvalue weighted by Gasteiger charge is -2.19. The number of nitrogens with zero attached hydrogens (tertiary/aromatic N) is 1. The van der Waals surface area contributed by atoms with Crippen LogP contribution in [0.5, 0.6) is 11.5 Å². The number of hydrogen-bond donors (Lipinski definition) is 2. The number of rotatable bonds is 8. The Balaban J connectivity index is 1.31. The van der Waals surface area contributed by atoms with Crippen molar-refractivity contribution < 1.29 is 23.9 Å². The molecule has 0 unspecified atom stereocenters. The molecule has 1 aliphatic heterocycles. The van der Waals surface area contributed by atoms with Crippen molar-refractivity contribution in [2.75, 3.05) is 20.8 Å². The molecule has 1 heterocycles.